The molecule has 0 spiro atoms. The maximum Gasteiger partial charge on any atom is 0.135 e. The minimum atomic E-state index is -0.596. The molecule has 1 fully saturated rings. The van der Waals surface area contributed by atoms with Crippen molar-refractivity contribution in [1.82, 2.24) is 0 Å². The smallest absolute Gasteiger partial charge is 0.135 e. The molecule has 4 rings (SSSR count). The molecule has 3 nitrogen and oxygen atoms in total. The molecule has 0 aromatic heterocycles. The lowest BCUT2D eigenvalue weighted by molar-refractivity contribution is -0.919. The third-order valence-corrected chi connectivity index (χ3v) is 9.83. The van der Waals surface area contributed by atoms with Crippen molar-refractivity contribution in [3.05, 3.63) is 83.7 Å². The van der Waals surface area contributed by atoms with Gasteiger partial charge in [0.1, 0.15) is 24.9 Å². The van der Waals surface area contributed by atoms with Gasteiger partial charge in [-0.2, -0.15) is 11.8 Å². The number of quaternary nitrogens is 1. The van der Waals surface area contributed by atoms with E-state index >= 15 is 0 Å². The second kappa shape index (κ2) is 11.4. The topological polar surface area (TPSA) is 26.0 Å². The highest BCUT2D eigenvalue weighted by Crippen LogP contribution is 2.49. The van der Waals surface area contributed by atoms with Gasteiger partial charge >= 0.3 is 0 Å². The van der Waals surface area contributed by atoms with Crippen molar-refractivity contribution < 1.29 is 9.75 Å². The lowest BCUT2D eigenvalue weighted by atomic mass is 10.1. The third-order valence-electron chi connectivity index (χ3n) is 6.31. The molecule has 2 aromatic rings. The Bertz CT molecular complexity index is 934. The molecule has 1 heterocycles. The van der Waals surface area contributed by atoms with Gasteiger partial charge in [-0.05, 0) is 43.4 Å². The van der Waals surface area contributed by atoms with Gasteiger partial charge in [0.25, 0.3) is 0 Å². The van der Waals surface area contributed by atoms with Crippen LogP contribution in [0.4, 0.5) is 0 Å². The molecule has 2 aliphatic rings. The van der Waals surface area contributed by atoms with Crippen molar-refractivity contribution in [3.63, 3.8) is 0 Å². The number of methoxy groups -OCH3 is 1. The lowest BCUT2D eigenvalue weighted by Crippen LogP contribution is -3.10. The minimum absolute atomic E-state index is 0.349. The third kappa shape index (κ3) is 5.26. The molecule has 1 aliphatic carbocycles. The molecule has 0 saturated carbocycles. The second-order valence-electron chi connectivity index (χ2n) is 8.38. The number of nitrogens with zero attached hydrogens (tertiary/aromatic N) is 1. The molecule has 2 aromatic carbocycles. The Labute approximate surface area is 198 Å². The Kier molecular flexibility index (Phi) is 8.37. The van der Waals surface area contributed by atoms with Crippen molar-refractivity contribution in [2.45, 2.75) is 37.5 Å². The maximum atomic E-state index is 5.51. The number of rotatable bonds is 9. The van der Waals surface area contributed by atoms with Gasteiger partial charge in [-0.3, -0.25) is 0 Å². The summed E-state index contributed by atoms with van der Waals surface area (Å²) in [7, 11) is 1.21. The number of nitrogens with one attached hydrogen (secondary N) is 1. The molecular formula is C27H34N2OPS+. The molecular weight excluding hydrogens is 431 g/mol. The molecule has 1 aliphatic heterocycles. The number of allylic oxidation sites excluding steroid dienone is 4. The Morgan fingerprint density at radius 1 is 1.12 bits per heavy atom. The van der Waals surface area contributed by atoms with Crippen LogP contribution in [0.5, 0.6) is 0 Å². The number of ether oxygens (including phenoxy) is 1. The Morgan fingerprint density at radius 3 is 2.38 bits per heavy atom. The Hall–Kier alpha value is -1.71. The van der Waals surface area contributed by atoms with Gasteiger partial charge in [0.2, 0.25) is 0 Å². The van der Waals surface area contributed by atoms with Gasteiger partial charge in [0.15, 0.2) is 0 Å². The van der Waals surface area contributed by atoms with E-state index in [9.17, 15) is 0 Å². The van der Waals surface area contributed by atoms with Gasteiger partial charge in [-0.1, -0.05) is 77.9 Å². The first kappa shape index (κ1) is 23.4. The predicted octanol–water partition coefficient (Wildman–Crippen LogP) is 4.13. The highest BCUT2D eigenvalue weighted by atomic mass is 32.2. The van der Waals surface area contributed by atoms with Crippen molar-refractivity contribution in [1.29, 1.82) is 0 Å². The van der Waals surface area contributed by atoms with Crippen LogP contribution in [0.25, 0.3) is 0 Å². The van der Waals surface area contributed by atoms with E-state index in [4.69, 9.17) is 9.84 Å². The first-order chi connectivity index (χ1) is 15.7. The fourth-order valence-corrected chi connectivity index (χ4v) is 7.60. The van der Waals surface area contributed by atoms with Gasteiger partial charge in [0.05, 0.1) is 0 Å². The molecule has 0 radical (unpaired) electrons. The molecule has 5 heteroatoms. The van der Waals surface area contributed by atoms with Crippen LogP contribution in [0.3, 0.4) is 0 Å². The summed E-state index contributed by atoms with van der Waals surface area (Å²) in [5.41, 5.74) is 2.61. The summed E-state index contributed by atoms with van der Waals surface area (Å²) in [6, 6.07) is 22.5. The van der Waals surface area contributed by atoms with Crippen LogP contribution in [0, 0.1) is 0 Å². The zero-order chi connectivity index (χ0) is 22.3. The SMILES string of the molecule is COCC1CCC[NH+]1/N=C(/C1=C(P(c2ccccc2)c2ccccc2)CC=C1)C(C)SC. The standard InChI is InChI=1S/C27H33N2OPS/c1-21(32-3)27(28-29-19-11-12-22(29)20-30-2)25-17-10-18-26(25)31(23-13-6-4-7-14-23)24-15-8-5-9-16-24/h4-10,13-17,21-22H,11-12,18-20H2,1-3H3/p+1/b28-27+. The fourth-order valence-electron chi connectivity index (χ4n) is 4.62. The van der Waals surface area contributed by atoms with Crippen LogP contribution < -0.4 is 15.6 Å². The van der Waals surface area contributed by atoms with E-state index in [1.807, 2.05) is 11.8 Å². The highest BCUT2D eigenvalue weighted by Gasteiger charge is 2.32. The van der Waals surface area contributed by atoms with Crippen LogP contribution in [0.1, 0.15) is 26.2 Å². The van der Waals surface area contributed by atoms with E-state index in [-0.39, 0.29) is 0 Å². The first-order valence-electron chi connectivity index (χ1n) is 11.5. The monoisotopic (exact) mass is 465 g/mol. The summed E-state index contributed by atoms with van der Waals surface area (Å²) >= 11 is 1.89. The Morgan fingerprint density at radius 2 is 1.78 bits per heavy atom. The quantitative estimate of drug-likeness (QED) is 0.445. The van der Waals surface area contributed by atoms with Crippen molar-refractivity contribution in [3.8, 4) is 0 Å². The van der Waals surface area contributed by atoms with Gasteiger partial charge in [-0.25, -0.2) is 5.01 Å². The molecule has 32 heavy (non-hydrogen) atoms. The molecule has 3 unspecified atom stereocenters. The zero-order valence-corrected chi connectivity index (χ0v) is 21.0. The summed E-state index contributed by atoms with van der Waals surface area (Å²) in [5, 5.41) is 11.4. The normalized spacial score (nSPS) is 22.2. The van der Waals surface area contributed by atoms with Gasteiger partial charge in [0, 0.05) is 30.8 Å². The van der Waals surface area contributed by atoms with Crippen LogP contribution in [0.15, 0.2) is 88.8 Å². The van der Waals surface area contributed by atoms with Crippen LogP contribution in [-0.4, -0.2) is 43.5 Å². The predicted molar refractivity (Wildman–Crippen MR) is 141 cm³/mol. The molecule has 0 bridgehead atoms. The maximum absolute atomic E-state index is 5.51. The first-order valence-corrected chi connectivity index (χ1v) is 14.1. The van der Waals surface area contributed by atoms with Gasteiger partial charge < -0.3 is 4.74 Å². The number of hydrogen-bond donors (Lipinski definition) is 1. The van der Waals surface area contributed by atoms with Crippen LogP contribution in [-0.2, 0) is 4.74 Å². The molecule has 3 atom stereocenters. The van der Waals surface area contributed by atoms with Gasteiger partial charge in [-0.15, -0.1) is 0 Å². The lowest BCUT2D eigenvalue weighted by Gasteiger charge is -2.24. The minimum Gasteiger partial charge on any atom is -0.378 e. The highest BCUT2D eigenvalue weighted by molar-refractivity contribution is 7.99. The largest absolute Gasteiger partial charge is 0.378 e. The summed E-state index contributed by atoms with van der Waals surface area (Å²) < 4.78 is 5.51. The summed E-state index contributed by atoms with van der Waals surface area (Å²) in [5.74, 6) is 0. The van der Waals surface area contributed by atoms with Crippen molar-refractivity contribution in [2.75, 3.05) is 26.5 Å². The average molecular weight is 466 g/mol. The van der Waals surface area contributed by atoms with Crippen molar-refractivity contribution >= 4 is 36.0 Å². The Balaban J connectivity index is 1.81. The van der Waals surface area contributed by atoms with E-state index in [0.717, 1.165) is 19.6 Å². The van der Waals surface area contributed by atoms with E-state index in [0.29, 0.717) is 11.3 Å². The second-order valence-corrected chi connectivity index (χ2v) is 11.8. The van der Waals surface area contributed by atoms with E-state index in [1.165, 1.54) is 45.1 Å². The molecule has 168 valence electrons. The molecule has 1 N–H and O–H groups in total. The van der Waals surface area contributed by atoms with Crippen molar-refractivity contribution in [2.24, 2.45) is 5.10 Å². The zero-order valence-electron chi connectivity index (χ0n) is 19.3. The van der Waals surface area contributed by atoms with Crippen LogP contribution >= 0.6 is 19.7 Å². The van der Waals surface area contributed by atoms with E-state index in [2.05, 4.69) is 86.0 Å². The summed E-state index contributed by atoms with van der Waals surface area (Å²) in [6.45, 7) is 4.17. The summed E-state index contributed by atoms with van der Waals surface area (Å²) in [6.07, 6.45) is 10.3. The fraction of sp³-hybridized carbons (Fsp3) is 0.370. The number of benzene rings is 2. The number of thioether (sulfide) groups is 1. The average Bonchev–Trinajstić information content (AvgIpc) is 3.48. The van der Waals surface area contributed by atoms with E-state index in [1.54, 1.807) is 7.11 Å². The van der Waals surface area contributed by atoms with E-state index < -0.39 is 7.92 Å². The molecule has 1 saturated heterocycles. The molecule has 0 amide bonds. The summed E-state index contributed by atoms with van der Waals surface area (Å²) in [4.78, 5) is 0. The number of hydrogen-bond acceptors (Lipinski definition) is 3. The van der Waals surface area contributed by atoms with Crippen LogP contribution in [0.2, 0.25) is 0 Å².